The van der Waals surface area contributed by atoms with Gasteiger partial charge in [-0.25, -0.2) is 18.4 Å². The number of carbonyl (C=O) groups excluding carboxylic acids is 4. The van der Waals surface area contributed by atoms with Crippen molar-refractivity contribution >= 4 is 51.5 Å². The molecule has 21 heteroatoms. The van der Waals surface area contributed by atoms with E-state index in [1.165, 1.54) is 40.7 Å². The third-order valence-corrected chi connectivity index (χ3v) is 15.2. The predicted molar refractivity (Wildman–Crippen MR) is 275 cm³/mol. The van der Waals surface area contributed by atoms with E-state index in [1.54, 1.807) is 66.5 Å². The largest absolute Gasteiger partial charge is 0.386 e. The summed E-state index contributed by atoms with van der Waals surface area (Å²) in [5.74, 6) is -1.10. The van der Waals surface area contributed by atoms with Gasteiger partial charge in [-0.2, -0.15) is 10.2 Å². The average Bonchev–Trinajstić information content (AvgIpc) is 4.29. The average molecular weight is 1030 g/mol. The van der Waals surface area contributed by atoms with Crippen LogP contribution in [0.3, 0.4) is 0 Å². The molecule has 0 aliphatic carbocycles. The smallest absolute Gasteiger partial charge is 0.249 e. The van der Waals surface area contributed by atoms with Gasteiger partial charge in [0.05, 0.1) is 81.4 Å². The summed E-state index contributed by atoms with van der Waals surface area (Å²) in [6, 6.07) is 12.1. The Morgan fingerprint density at radius 3 is 2.38 bits per heavy atom. The van der Waals surface area contributed by atoms with Crippen LogP contribution in [0.15, 0.2) is 96.8 Å². The Bertz CT molecular complexity index is 2950. The van der Waals surface area contributed by atoms with Gasteiger partial charge in [-0.3, -0.25) is 28.9 Å². The number of aliphatic hydroxyl groups is 1. The molecule has 0 saturated carbocycles. The van der Waals surface area contributed by atoms with Gasteiger partial charge in [-0.15, -0.1) is 11.8 Å². The fraction of sp³-hybridized carbons (Fsp3) is 0.434. The van der Waals surface area contributed by atoms with Crippen LogP contribution in [0, 0.1) is 17.6 Å². The number of likely N-dealkylation sites (N-methyl/N-ethyl adjacent to an activating group) is 1. The number of rotatable bonds is 21. The van der Waals surface area contributed by atoms with E-state index in [2.05, 4.69) is 30.8 Å². The number of hydrogen-bond acceptors (Lipinski definition) is 13. The molecule has 4 N–H and O–H groups in total. The summed E-state index contributed by atoms with van der Waals surface area (Å²) in [5.41, 5.74) is 5.35. The lowest BCUT2D eigenvalue weighted by Gasteiger charge is -2.38. The Kier molecular flexibility index (Phi) is 17.0. The molecule has 3 amide bonds. The first-order valence-electron chi connectivity index (χ1n) is 25.1. The number of amides is 3. The van der Waals surface area contributed by atoms with Crippen LogP contribution in [0.4, 0.5) is 8.78 Å². The fourth-order valence-corrected chi connectivity index (χ4v) is 11.0. The van der Waals surface area contributed by atoms with Gasteiger partial charge in [0.2, 0.25) is 23.6 Å². The molecule has 4 aromatic heterocycles. The third kappa shape index (κ3) is 12.5. The summed E-state index contributed by atoms with van der Waals surface area (Å²) < 4.78 is 41.7. The van der Waals surface area contributed by atoms with E-state index < -0.39 is 24.2 Å². The Hall–Kier alpha value is -6.65. The van der Waals surface area contributed by atoms with Gasteiger partial charge >= 0.3 is 0 Å². The molecule has 7 heterocycles. The molecule has 6 aromatic rings. The maximum atomic E-state index is 14.5. The number of fused-ring (bicyclic) bond motifs is 1. The van der Waals surface area contributed by atoms with Gasteiger partial charge in [-0.05, 0) is 87.0 Å². The standard InChI is InChI=1S/C53H61F2N11O7S/c1-33(56-2)51(70)62-48(53(71)65-16-4-7-45(65)52-61-44(32-74-52)49(69)36-8-10-40(54)11-9-36)35-12-17-63(18-13-35)46(67)14-19-72-21-22-73-20-15-47(68)66-31-38(26-60-66)37-24-42-43(28-58-50(42)57-25-37)39-27-59-64(30-39)29-34-5-3-6-41(55)23-34/h3,5-6,8-11,23-28,30-31,33,35,44-45,48-49,56,69H,4,7,12-22,29,32H2,1-2H3,(H,57,58)(H,62,70)/t33-,44?,45-,48-,49?/m0/s1. The van der Waals surface area contributed by atoms with E-state index in [9.17, 15) is 33.1 Å². The zero-order valence-corrected chi connectivity index (χ0v) is 42.2. The van der Waals surface area contributed by atoms with Gasteiger partial charge in [0, 0.05) is 77.8 Å². The minimum atomic E-state index is -0.906. The number of halogens is 2. The number of likely N-dealkylation sites (tertiary alicyclic amines) is 2. The third-order valence-electron chi connectivity index (χ3n) is 14.0. The van der Waals surface area contributed by atoms with E-state index in [4.69, 9.17) is 14.5 Å². The minimum absolute atomic E-state index is 0.0621. The molecule has 390 valence electrons. The highest BCUT2D eigenvalue weighted by Crippen LogP contribution is 2.36. The number of pyridine rings is 1. The summed E-state index contributed by atoms with van der Waals surface area (Å²) >= 11 is 1.52. The number of hydrogen-bond donors (Lipinski definition) is 4. The number of aliphatic imine (C=N–C) groups is 1. The van der Waals surface area contributed by atoms with Crippen molar-refractivity contribution < 1.29 is 42.5 Å². The summed E-state index contributed by atoms with van der Waals surface area (Å²) in [6.07, 6.45) is 12.4. The number of aliphatic hydroxyl groups excluding tert-OH is 1. The van der Waals surface area contributed by atoms with Crippen LogP contribution in [0.5, 0.6) is 0 Å². The number of H-pyrrole nitrogens is 1. The SMILES string of the molecule is CN[C@@H](C)C(=O)N[C@H](C(=O)N1CCC[C@H]1C1=NC(C(O)c2ccc(F)cc2)CS1)C1CCN(C(=O)CCOCCOCCC(=O)n2cc(-c3cnc4[nH]cc(-c5cnn(Cc6cccc(F)c6)c5)c4c3)cn2)CC1. The Morgan fingerprint density at radius 2 is 1.62 bits per heavy atom. The topological polar surface area (TPSA) is 214 Å². The van der Waals surface area contributed by atoms with Crippen LogP contribution < -0.4 is 10.6 Å². The lowest BCUT2D eigenvalue weighted by molar-refractivity contribution is -0.140. The van der Waals surface area contributed by atoms with Crippen molar-refractivity contribution in [1.82, 2.24) is 50.0 Å². The molecule has 0 radical (unpaired) electrons. The summed E-state index contributed by atoms with van der Waals surface area (Å²) in [7, 11) is 1.69. The Balaban J connectivity index is 0.693. The van der Waals surface area contributed by atoms with Crippen LogP contribution in [-0.4, -0.2) is 156 Å². The fourth-order valence-electron chi connectivity index (χ4n) is 9.71. The number of carbonyl (C=O) groups is 4. The lowest BCUT2D eigenvalue weighted by Crippen LogP contribution is -2.58. The first-order chi connectivity index (χ1) is 35.9. The number of ether oxygens (including phenoxy) is 2. The molecule has 0 spiro atoms. The van der Waals surface area contributed by atoms with E-state index in [1.807, 2.05) is 29.4 Å². The van der Waals surface area contributed by atoms with Crippen molar-refractivity contribution in [2.24, 2.45) is 10.9 Å². The number of aromatic nitrogens is 6. The van der Waals surface area contributed by atoms with Crippen molar-refractivity contribution in [3.8, 4) is 22.3 Å². The molecule has 18 nitrogen and oxygen atoms in total. The molecule has 74 heavy (non-hydrogen) atoms. The first-order valence-corrected chi connectivity index (χ1v) is 26.1. The first kappa shape index (κ1) is 52.2. The van der Waals surface area contributed by atoms with Gasteiger partial charge in [0.25, 0.3) is 0 Å². The van der Waals surface area contributed by atoms with Crippen molar-refractivity contribution in [2.75, 3.05) is 58.9 Å². The van der Waals surface area contributed by atoms with Crippen molar-refractivity contribution in [2.45, 2.75) is 82.3 Å². The molecule has 3 aliphatic heterocycles. The second-order valence-corrected chi connectivity index (χ2v) is 20.0. The van der Waals surface area contributed by atoms with Gasteiger partial charge < -0.3 is 40.0 Å². The molecular formula is C53H61F2N11O7S. The molecule has 5 atom stereocenters. The van der Waals surface area contributed by atoms with E-state index in [-0.39, 0.29) is 86.5 Å². The van der Waals surface area contributed by atoms with E-state index >= 15 is 0 Å². The highest BCUT2D eigenvalue weighted by molar-refractivity contribution is 8.14. The van der Waals surface area contributed by atoms with Crippen LogP contribution in [0.2, 0.25) is 0 Å². The summed E-state index contributed by atoms with van der Waals surface area (Å²) in [4.78, 5) is 70.3. The van der Waals surface area contributed by atoms with Crippen LogP contribution in [0.25, 0.3) is 33.3 Å². The molecule has 2 unspecified atom stereocenters. The Labute approximate surface area is 431 Å². The van der Waals surface area contributed by atoms with Gasteiger partial charge in [0.15, 0.2) is 0 Å². The highest BCUT2D eigenvalue weighted by Gasteiger charge is 2.43. The van der Waals surface area contributed by atoms with Crippen molar-refractivity contribution in [3.05, 3.63) is 115 Å². The molecule has 9 rings (SSSR count). The van der Waals surface area contributed by atoms with Crippen LogP contribution >= 0.6 is 11.8 Å². The van der Waals surface area contributed by atoms with E-state index in [0.717, 1.165) is 44.7 Å². The Morgan fingerprint density at radius 1 is 0.865 bits per heavy atom. The van der Waals surface area contributed by atoms with Crippen LogP contribution in [0.1, 0.15) is 67.5 Å². The normalized spacial score (nSPS) is 18.4. The monoisotopic (exact) mass is 1030 g/mol. The number of benzene rings is 2. The maximum Gasteiger partial charge on any atom is 0.249 e. The van der Waals surface area contributed by atoms with Gasteiger partial charge in [0.1, 0.15) is 29.4 Å². The number of thioether (sulfide) groups is 1. The number of piperidine rings is 1. The van der Waals surface area contributed by atoms with Crippen molar-refractivity contribution in [3.63, 3.8) is 0 Å². The second kappa shape index (κ2) is 24.1. The van der Waals surface area contributed by atoms with Gasteiger partial charge in [-0.1, -0.05) is 24.3 Å². The molecule has 2 fully saturated rings. The molecule has 2 aromatic carbocycles. The quantitative estimate of drug-likeness (QED) is 0.0645. The zero-order valence-electron chi connectivity index (χ0n) is 41.4. The summed E-state index contributed by atoms with van der Waals surface area (Å²) in [5, 5.41) is 27.5. The highest BCUT2D eigenvalue weighted by atomic mass is 32.2. The number of nitrogens with one attached hydrogen (secondary N) is 3. The van der Waals surface area contributed by atoms with E-state index in [0.29, 0.717) is 62.4 Å². The minimum Gasteiger partial charge on any atom is -0.386 e. The molecule has 0 bridgehead atoms. The van der Waals surface area contributed by atoms with Crippen LogP contribution in [-0.2, 0) is 30.4 Å². The number of nitrogens with zero attached hydrogens (tertiary/aromatic N) is 8. The second-order valence-electron chi connectivity index (χ2n) is 18.9. The maximum absolute atomic E-state index is 14.5. The predicted octanol–water partition coefficient (Wildman–Crippen LogP) is 5.64. The number of aromatic amines is 1. The van der Waals surface area contributed by atoms with Crippen molar-refractivity contribution in [1.29, 1.82) is 0 Å². The molecule has 3 aliphatic rings. The zero-order chi connectivity index (χ0) is 51.7. The molecular weight excluding hydrogens is 973 g/mol. The summed E-state index contributed by atoms with van der Waals surface area (Å²) in [6.45, 7) is 4.38. The molecule has 2 saturated heterocycles. The lowest BCUT2D eigenvalue weighted by atomic mass is 9.88.